The minimum atomic E-state index is -1.20. The summed E-state index contributed by atoms with van der Waals surface area (Å²) in [6.45, 7) is 11.3. The van der Waals surface area contributed by atoms with Gasteiger partial charge in [-0.2, -0.15) is 5.26 Å². The molecule has 0 saturated carbocycles. The van der Waals surface area contributed by atoms with Gasteiger partial charge in [0.05, 0.1) is 30.7 Å². The van der Waals surface area contributed by atoms with Gasteiger partial charge >= 0.3 is 0 Å². The summed E-state index contributed by atoms with van der Waals surface area (Å²) in [5.74, 6) is 0.657. The number of nitrogens with zero attached hydrogens (tertiary/aromatic N) is 2. The quantitative estimate of drug-likeness (QED) is 0.590. The van der Waals surface area contributed by atoms with Crippen molar-refractivity contribution in [2.75, 3.05) is 26.2 Å². The summed E-state index contributed by atoms with van der Waals surface area (Å²) >= 11 is 0. The molecule has 5 heteroatoms. The van der Waals surface area contributed by atoms with Crippen molar-refractivity contribution in [1.82, 2.24) is 4.98 Å². The van der Waals surface area contributed by atoms with Gasteiger partial charge in [0.25, 0.3) is 0 Å². The van der Waals surface area contributed by atoms with Crippen LogP contribution in [0.5, 0.6) is 5.88 Å². The topological polar surface area (TPSA) is 55.1 Å². The first-order valence-electron chi connectivity index (χ1n) is 9.74. The third kappa shape index (κ3) is 4.61. The fourth-order valence-corrected chi connectivity index (χ4v) is 3.72. The van der Waals surface area contributed by atoms with Crippen LogP contribution in [0.3, 0.4) is 0 Å². The van der Waals surface area contributed by atoms with E-state index in [1.165, 1.54) is 0 Å². The highest BCUT2D eigenvalue weighted by molar-refractivity contribution is 8.29. The van der Waals surface area contributed by atoms with E-state index >= 15 is 0 Å². The van der Waals surface area contributed by atoms with Crippen LogP contribution in [0, 0.1) is 11.3 Å². The van der Waals surface area contributed by atoms with Crippen LogP contribution in [0.2, 0.25) is 0 Å². The highest BCUT2D eigenvalue weighted by Gasteiger charge is 2.31. The molecule has 2 aromatic rings. The van der Waals surface area contributed by atoms with Crippen molar-refractivity contribution in [3.8, 4) is 11.9 Å². The van der Waals surface area contributed by atoms with E-state index in [0.29, 0.717) is 18.9 Å². The van der Waals surface area contributed by atoms with Gasteiger partial charge in [-0.25, -0.2) is 4.98 Å². The fraction of sp³-hybridized carbons (Fsp3) is 0.565. The van der Waals surface area contributed by atoms with Gasteiger partial charge in [0.2, 0.25) is 5.88 Å². The van der Waals surface area contributed by atoms with E-state index in [-0.39, 0.29) is 4.75 Å². The van der Waals surface area contributed by atoms with E-state index in [9.17, 15) is 5.26 Å². The Balaban J connectivity index is 2.29. The summed E-state index contributed by atoms with van der Waals surface area (Å²) in [6.07, 6.45) is 5.89. The van der Waals surface area contributed by atoms with Crippen molar-refractivity contribution in [1.29, 1.82) is 5.26 Å². The molecule has 0 amide bonds. The number of hydrogen-bond donors (Lipinski definition) is 0. The molecule has 0 N–H and O–H groups in total. The Hall–Kier alpha value is -1.77. The average molecular weight is 403 g/mol. The number of aromatic nitrogens is 1. The Morgan fingerprint density at radius 1 is 1.14 bits per heavy atom. The molecule has 0 radical (unpaired) electrons. The Bertz CT molecular complexity index is 881. The van der Waals surface area contributed by atoms with Gasteiger partial charge in [0, 0.05) is 15.7 Å². The summed E-state index contributed by atoms with van der Waals surface area (Å²) in [5, 5.41) is 11.0. The van der Waals surface area contributed by atoms with E-state index in [4.69, 9.17) is 8.92 Å². The standard InChI is InChI=1S/C23H34N2O2S/c1-9-17-14-18-10-11-19(15-20(18)25-21(17)26-6)23(5,16-24)12-13-27-28(7,8)22(2,3)4/h10-11,14-15H,9,12-13H2,1-8H3. The molecule has 2 rings (SSSR count). The minimum absolute atomic E-state index is 0.108. The molecule has 154 valence electrons. The predicted octanol–water partition coefficient (Wildman–Crippen LogP) is 5.77. The first kappa shape index (κ1) is 22.5. The third-order valence-corrected chi connectivity index (χ3v) is 9.48. The number of methoxy groups -OCH3 is 1. The van der Waals surface area contributed by atoms with Crippen molar-refractivity contribution >= 4 is 21.2 Å². The van der Waals surface area contributed by atoms with Crippen LogP contribution < -0.4 is 4.74 Å². The van der Waals surface area contributed by atoms with Gasteiger partial charge in [0.15, 0.2) is 0 Å². The zero-order chi connectivity index (χ0) is 21.2. The number of benzene rings is 1. The van der Waals surface area contributed by atoms with Crippen LogP contribution in [0.15, 0.2) is 24.3 Å². The molecule has 0 fully saturated rings. The van der Waals surface area contributed by atoms with Gasteiger partial charge in [0.1, 0.15) is 0 Å². The summed E-state index contributed by atoms with van der Waals surface area (Å²) in [6, 6.07) is 10.7. The zero-order valence-corrected chi connectivity index (χ0v) is 19.4. The number of pyridine rings is 1. The lowest BCUT2D eigenvalue weighted by atomic mass is 9.81. The first-order chi connectivity index (χ1) is 13.0. The third-order valence-electron chi connectivity index (χ3n) is 5.77. The van der Waals surface area contributed by atoms with Crippen LogP contribution in [-0.4, -0.2) is 36.0 Å². The molecule has 1 aromatic heterocycles. The Morgan fingerprint density at radius 3 is 2.36 bits per heavy atom. The molecule has 0 bridgehead atoms. The molecule has 1 heterocycles. The lowest BCUT2D eigenvalue weighted by Gasteiger charge is -2.44. The van der Waals surface area contributed by atoms with Crippen molar-refractivity contribution in [2.24, 2.45) is 0 Å². The van der Waals surface area contributed by atoms with Gasteiger partial charge in [-0.1, -0.05) is 39.8 Å². The Kier molecular flexibility index (Phi) is 6.68. The molecule has 0 spiro atoms. The fourth-order valence-electron chi connectivity index (χ4n) is 2.86. The molecule has 28 heavy (non-hydrogen) atoms. The van der Waals surface area contributed by atoms with E-state index < -0.39 is 15.7 Å². The van der Waals surface area contributed by atoms with Gasteiger partial charge in [-0.15, -0.1) is 10.3 Å². The molecule has 4 nitrogen and oxygen atoms in total. The molecule has 1 unspecified atom stereocenters. The molecule has 0 aliphatic rings. The number of nitriles is 1. The highest BCUT2D eigenvalue weighted by atomic mass is 32.3. The van der Waals surface area contributed by atoms with E-state index in [2.05, 4.69) is 63.4 Å². The van der Waals surface area contributed by atoms with Crippen molar-refractivity contribution < 1.29 is 8.92 Å². The van der Waals surface area contributed by atoms with Crippen molar-refractivity contribution in [3.63, 3.8) is 0 Å². The largest absolute Gasteiger partial charge is 0.481 e. The number of aryl methyl sites for hydroxylation is 1. The predicted molar refractivity (Wildman–Crippen MR) is 120 cm³/mol. The second kappa shape index (κ2) is 8.31. The lowest BCUT2D eigenvalue weighted by Crippen LogP contribution is -2.28. The molecule has 0 aliphatic heterocycles. The normalized spacial score (nSPS) is 15.1. The minimum Gasteiger partial charge on any atom is -0.481 e. The Morgan fingerprint density at radius 2 is 1.82 bits per heavy atom. The number of hydrogen-bond acceptors (Lipinski definition) is 4. The summed E-state index contributed by atoms with van der Waals surface area (Å²) < 4.78 is 11.8. The lowest BCUT2D eigenvalue weighted by molar-refractivity contribution is 0.311. The smallest absolute Gasteiger partial charge is 0.216 e. The van der Waals surface area contributed by atoms with Gasteiger partial charge in [-0.05, 0) is 50.0 Å². The molecular formula is C23H34N2O2S. The number of ether oxygens (including phenoxy) is 1. The second-order valence-electron chi connectivity index (χ2n) is 8.78. The maximum atomic E-state index is 9.94. The zero-order valence-electron chi connectivity index (χ0n) is 18.5. The van der Waals surface area contributed by atoms with Gasteiger partial charge in [-0.3, -0.25) is 0 Å². The highest BCUT2D eigenvalue weighted by Crippen LogP contribution is 2.54. The maximum Gasteiger partial charge on any atom is 0.216 e. The van der Waals surface area contributed by atoms with Crippen LogP contribution >= 0.6 is 10.3 Å². The van der Waals surface area contributed by atoms with Crippen LogP contribution in [0.4, 0.5) is 0 Å². The summed E-state index contributed by atoms with van der Waals surface area (Å²) in [4.78, 5) is 4.67. The van der Waals surface area contributed by atoms with Crippen molar-refractivity contribution in [2.45, 2.75) is 57.6 Å². The average Bonchev–Trinajstić information content (AvgIpc) is 2.65. The SMILES string of the molecule is CCc1cc2ccc(C(C)(C#N)CCOS(C)(C)C(C)(C)C)cc2nc1OC. The monoisotopic (exact) mass is 402 g/mol. The van der Waals surface area contributed by atoms with Crippen LogP contribution in [0.1, 0.15) is 52.2 Å². The number of fused-ring (bicyclic) bond motifs is 1. The molecule has 1 aromatic carbocycles. The Labute approximate surface area is 171 Å². The van der Waals surface area contributed by atoms with Gasteiger partial charge < -0.3 is 8.92 Å². The molecule has 1 atom stereocenters. The maximum absolute atomic E-state index is 9.94. The van der Waals surface area contributed by atoms with Crippen LogP contribution in [0.25, 0.3) is 10.9 Å². The molecule has 0 aliphatic carbocycles. The van der Waals surface area contributed by atoms with Crippen LogP contribution in [-0.2, 0) is 16.0 Å². The van der Waals surface area contributed by atoms with E-state index in [1.54, 1.807) is 7.11 Å². The number of rotatable bonds is 7. The molecular weight excluding hydrogens is 368 g/mol. The summed E-state index contributed by atoms with van der Waals surface area (Å²) in [5.41, 5.74) is 2.29. The first-order valence-corrected chi connectivity index (χ1v) is 12.1. The summed E-state index contributed by atoms with van der Waals surface area (Å²) in [7, 11) is 0.446. The second-order valence-corrected chi connectivity index (χ2v) is 12.7. The molecule has 0 saturated heterocycles. The van der Waals surface area contributed by atoms with Crippen molar-refractivity contribution in [3.05, 3.63) is 35.4 Å². The van der Waals surface area contributed by atoms with E-state index in [1.807, 2.05) is 19.1 Å². The van der Waals surface area contributed by atoms with E-state index in [0.717, 1.165) is 28.5 Å².